The standard InChI is InChI=1S/C20H24F2N2O2/c21-16-8-7-14(10-17(16)22)15-11-24(19(26)13-4-1-2-5-13)12-20(15)9-3-6-18(25)23-20/h7-8,10,13,15H,1-6,9,11-12H2,(H,23,25)/t15-,20+/m0/s1. The van der Waals surface area contributed by atoms with Gasteiger partial charge in [-0.2, -0.15) is 0 Å². The second-order valence-corrected chi connectivity index (χ2v) is 7.98. The number of hydrogen-bond donors (Lipinski definition) is 1. The van der Waals surface area contributed by atoms with Crippen molar-refractivity contribution in [1.29, 1.82) is 0 Å². The maximum Gasteiger partial charge on any atom is 0.225 e. The van der Waals surface area contributed by atoms with E-state index in [1.54, 1.807) is 6.07 Å². The van der Waals surface area contributed by atoms with Gasteiger partial charge in [-0.3, -0.25) is 9.59 Å². The second-order valence-electron chi connectivity index (χ2n) is 7.98. The minimum absolute atomic E-state index is 0.0287. The van der Waals surface area contributed by atoms with Crippen molar-refractivity contribution < 1.29 is 18.4 Å². The number of benzene rings is 1. The fourth-order valence-corrected chi connectivity index (χ4v) is 5.01. The van der Waals surface area contributed by atoms with E-state index in [9.17, 15) is 18.4 Å². The molecule has 0 radical (unpaired) electrons. The van der Waals surface area contributed by atoms with Gasteiger partial charge in [-0.05, 0) is 43.4 Å². The molecule has 2 saturated heterocycles. The molecule has 140 valence electrons. The van der Waals surface area contributed by atoms with Crippen molar-refractivity contribution >= 4 is 11.8 Å². The molecule has 3 fully saturated rings. The third-order valence-corrected chi connectivity index (χ3v) is 6.32. The number of hydrogen-bond acceptors (Lipinski definition) is 2. The second kappa shape index (κ2) is 6.63. The molecule has 0 aromatic heterocycles. The fourth-order valence-electron chi connectivity index (χ4n) is 5.01. The van der Waals surface area contributed by atoms with Gasteiger partial charge in [-0.1, -0.05) is 18.9 Å². The molecule has 1 aromatic rings. The van der Waals surface area contributed by atoms with Gasteiger partial charge in [0.2, 0.25) is 11.8 Å². The van der Waals surface area contributed by atoms with Crippen molar-refractivity contribution in [2.24, 2.45) is 5.92 Å². The van der Waals surface area contributed by atoms with Gasteiger partial charge >= 0.3 is 0 Å². The average molecular weight is 362 g/mol. The molecule has 6 heteroatoms. The highest BCUT2D eigenvalue weighted by atomic mass is 19.2. The van der Waals surface area contributed by atoms with Gasteiger partial charge in [0.1, 0.15) is 0 Å². The number of carbonyl (C=O) groups is 2. The Hall–Kier alpha value is -1.98. The summed E-state index contributed by atoms with van der Waals surface area (Å²) in [5, 5.41) is 3.10. The van der Waals surface area contributed by atoms with Crippen molar-refractivity contribution in [3.8, 4) is 0 Å². The van der Waals surface area contributed by atoms with Gasteiger partial charge in [-0.25, -0.2) is 8.78 Å². The Kier molecular flexibility index (Phi) is 4.45. The van der Waals surface area contributed by atoms with Crippen LogP contribution in [0.2, 0.25) is 0 Å². The van der Waals surface area contributed by atoms with Crippen LogP contribution in [0.25, 0.3) is 0 Å². The quantitative estimate of drug-likeness (QED) is 0.879. The van der Waals surface area contributed by atoms with E-state index in [4.69, 9.17) is 0 Å². The summed E-state index contributed by atoms with van der Waals surface area (Å²) >= 11 is 0. The third-order valence-electron chi connectivity index (χ3n) is 6.32. The summed E-state index contributed by atoms with van der Waals surface area (Å²) in [4.78, 5) is 26.9. The molecule has 2 amide bonds. The zero-order chi connectivity index (χ0) is 18.3. The molecule has 1 aliphatic carbocycles. The zero-order valence-electron chi connectivity index (χ0n) is 14.8. The maximum atomic E-state index is 13.8. The van der Waals surface area contributed by atoms with Crippen LogP contribution in [0.5, 0.6) is 0 Å². The molecule has 0 bridgehead atoms. The van der Waals surface area contributed by atoms with Crippen molar-refractivity contribution in [1.82, 2.24) is 10.2 Å². The summed E-state index contributed by atoms with van der Waals surface area (Å²) in [6, 6.07) is 3.92. The smallest absolute Gasteiger partial charge is 0.225 e. The molecule has 26 heavy (non-hydrogen) atoms. The summed E-state index contributed by atoms with van der Waals surface area (Å²) in [6.45, 7) is 0.901. The molecular formula is C20H24F2N2O2. The summed E-state index contributed by atoms with van der Waals surface area (Å²) in [5.74, 6) is -1.80. The first-order valence-corrected chi connectivity index (χ1v) is 9.53. The molecule has 4 nitrogen and oxygen atoms in total. The van der Waals surface area contributed by atoms with Crippen LogP contribution < -0.4 is 5.32 Å². The lowest BCUT2D eigenvalue weighted by atomic mass is 9.76. The van der Waals surface area contributed by atoms with Gasteiger partial charge in [0.05, 0.1) is 5.54 Å². The number of rotatable bonds is 2. The fraction of sp³-hybridized carbons (Fsp3) is 0.600. The minimum Gasteiger partial charge on any atom is -0.348 e. The summed E-state index contributed by atoms with van der Waals surface area (Å²) in [5.41, 5.74) is 0.0706. The molecule has 1 saturated carbocycles. The number of carbonyl (C=O) groups excluding carboxylic acids is 2. The normalized spacial score (nSPS) is 29.4. The first kappa shape index (κ1) is 17.4. The molecule has 1 aromatic carbocycles. The van der Waals surface area contributed by atoms with Gasteiger partial charge in [0.25, 0.3) is 0 Å². The van der Waals surface area contributed by atoms with E-state index in [1.165, 1.54) is 6.07 Å². The Labute approximate surface area is 151 Å². The van der Waals surface area contributed by atoms with Gasteiger partial charge in [0.15, 0.2) is 11.6 Å². The lowest BCUT2D eigenvalue weighted by molar-refractivity contribution is -0.135. The Morgan fingerprint density at radius 1 is 1.15 bits per heavy atom. The van der Waals surface area contributed by atoms with Crippen LogP contribution in [0.15, 0.2) is 18.2 Å². The molecule has 2 atom stereocenters. The molecular weight excluding hydrogens is 338 g/mol. The van der Waals surface area contributed by atoms with Gasteiger partial charge in [-0.15, -0.1) is 0 Å². The first-order chi connectivity index (χ1) is 12.5. The predicted molar refractivity (Wildman–Crippen MR) is 92.4 cm³/mol. The van der Waals surface area contributed by atoms with Crippen LogP contribution in [-0.4, -0.2) is 35.3 Å². The minimum atomic E-state index is -0.889. The van der Waals surface area contributed by atoms with E-state index in [2.05, 4.69) is 5.32 Å². The van der Waals surface area contributed by atoms with Crippen molar-refractivity contribution in [2.75, 3.05) is 13.1 Å². The van der Waals surface area contributed by atoms with E-state index in [1.807, 2.05) is 4.90 Å². The van der Waals surface area contributed by atoms with E-state index in [0.717, 1.165) is 44.6 Å². The van der Waals surface area contributed by atoms with Crippen LogP contribution in [0.1, 0.15) is 56.4 Å². The number of nitrogens with zero attached hydrogens (tertiary/aromatic N) is 1. The molecule has 2 aliphatic heterocycles. The zero-order valence-corrected chi connectivity index (χ0v) is 14.8. The highest BCUT2D eigenvalue weighted by molar-refractivity contribution is 5.81. The van der Waals surface area contributed by atoms with E-state index in [0.29, 0.717) is 25.1 Å². The van der Waals surface area contributed by atoms with Crippen LogP contribution in [0.4, 0.5) is 8.78 Å². The SMILES string of the molecule is O=C1CCC[C@]2(CN(C(=O)C3CCCC3)C[C@H]2c2ccc(F)c(F)c2)N1. The summed E-state index contributed by atoms with van der Waals surface area (Å²) in [7, 11) is 0. The topological polar surface area (TPSA) is 49.4 Å². The summed E-state index contributed by atoms with van der Waals surface area (Å²) in [6.07, 6.45) is 5.98. The van der Waals surface area contributed by atoms with Crippen molar-refractivity contribution in [3.63, 3.8) is 0 Å². The Balaban J connectivity index is 1.65. The number of halogens is 2. The monoisotopic (exact) mass is 362 g/mol. The summed E-state index contributed by atoms with van der Waals surface area (Å²) < 4.78 is 27.2. The highest BCUT2D eigenvalue weighted by Gasteiger charge is 2.51. The Morgan fingerprint density at radius 2 is 1.92 bits per heavy atom. The number of likely N-dealkylation sites (tertiary alicyclic amines) is 1. The lowest BCUT2D eigenvalue weighted by Crippen LogP contribution is -2.56. The average Bonchev–Trinajstić information content (AvgIpc) is 3.25. The Morgan fingerprint density at radius 3 is 2.62 bits per heavy atom. The highest BCUT2D eigenvalue weighted by Crippen LogP contribution is 2.42. The van der Waals surface area contributed by atoms with E-state index in [-0.39, 0.29) is 23.7 Å². The molecule has 4 rings (SSSR count). The number of amides is 2. The van der Waals surface area contributed by atoms with E-state index >= 15 is 0 Å². The largest absolute Gasteiger partial charge is 0.348 e. The van der Waals surface area contributed by atoms with E-state index < -0.39 is 17.2 Å². The van der Waals surface area contributed by atoms with Gasteiger partial charge in [0, 0.05) is 31.3 Å². The molecule has 1 spiro atoms. The van der Waals surface area contributed by atoms with Crippen molar-refractivity contribution in [3.05, 3.63) is 35.4 Å². The van der Waals surface area contributed by atoms with Crippen LogP contribution in [0, 0.1) is 17.6 Å². The van der Waals surface area contributed by atoms with Crippen LogP contribution >= 0.6 is 0 Å². The molecule has 2 heterocycles. The molecule has 1 N–H and O–H groups in total. The number of nitrogens with one attached hydrogen (secondary N) is 1. The first-order valence-electron chi connectivity index (χ1n) is 9.53. The Bertz CT molecular complexity index is 733. The van der Waals surface area contributed by atoms with Crippen LogP contribution in [0.3, 0.4) is 0 Å². The lowest BCUT2D eigenvalue weighted by Gasteiger charge is -2.39. The number of piperidine rings is 1. The maximum absolute atomic E-state index is 13.8. The van der Waals surface area contributed by atoms with Crippen molar-refractivity contribution in [2.45, 2.75) is 56.4 Å². The predicted octanol–water partition coefficient (Wildman–Crippen LogP) is 3.12. The van der Waals surface area contributed by atoms with Gasteiger partial charge < -0.3 is 10.2 Å². The third kappa shape index (κ3) is 2.99. The van der Waals surface area contributed by atoms with Crippen LogP contribution in [-0.2, 0) is 9.59 Å². The molecule has 3 aliphatic rings. The molecule has 0 unspecified atom stereocenters.